The highest BCUT2D eigenvalue weighted by Crippen LogP contribution is 2.64. The Hall–Kier alpha value is -2.19. The Balaban J connectivity index is 1.68. The second kappa shape index (κ2) is 5.42. The van der Waals surface area contributed by atoms with Gasteiger partial charge in [0.15, 0.2) is 0 Å². The molecule has 1 atom stereocenters. The van der Waals surface area contributed by atoms with E-state index < -0.39 is 0 Å². The molecular formula is C22H18OS. The summed E-state index contributed by atoms with van der Waals surface area (Å²) < 4.78 is 5.32. The minimum atomic E-state index is 0.431. The summed E-state index contributed by atoms with van der Waals surface area (Å²) in [5.74, 6) is 1.35. The Bertz CT molecular complexity index is 852. The first-order valence-electron chi connectivity index (χ1n) is 8.34. The molecule has 2 heteroatoms. The molecule has 2 heterocycles. The highest BCUT2D eigenvalue weighted by atomic mass is 32.2. The Morgan fingerprint density at radius 2 is 1.25 bits per heavy atom. The summed E-state index contributed by atoms with van der Waals surface area (Å²) in [6.07, 6.45) is 0. The second-order valence-corrected chi connectivity index (χ2v) is 7.70. The number of rotatable bonds is 2. The topological polar surface area (TPSA) is 9.23 Å². The third-order valence-corrected chi connectivity index (χ3v) is 6.87. The van der Waals surface area contributed by atoms with Gasteiger partial charge in [-0.05, 0) is 39.9 Å². The van der Waals surface area contributed by atoms with Crippen LogP contribution in [0.3, 0.4) is 0 Å². The van der Waals surface area contributed by atoms with Crippen LogP contribution in [-0.4, -0.2) is 7.11 Å². The Morgan fingerprint density at radius 1 is 0.708 bits per heavy atom. The zero-order chi connectivity index (χ0) is 16.1. The summed E-state index contributed by atoms with van der Waals surface area (Å²) in [4.78, 5) is 0. The van der Waals surface area contributed by atoms with E-state index >= 15 is 0 Å². The van der Waals surface area contributed by atoms with Crippen LogP contribution in [0, 0.1) is 0 Å². The average molecular weight is 330 g/mol. The first kappa shape index (κ1) is 14.2. The van der Waals surface area contributed by atoms with Gasteiger partial charge < -0.3 is 4.74 Å². The molecule has 3 aromatic carbocycles. The normalized spacial score (nSPS) is 23.5. The van der Waals surface area contributed by atoms with Gasteiger partial charge in [-0.3, -0.25) is 0 Å². The third-order valence-electron chi connectivity index (χ3n) is 5.26. The molecule has 6 rings (SSSR count). The third kappa shape index (κ3) is 1.96. The molecule has 2 aliphatic heterocycles. The molecule has 3 aliphatic rings. The van der Waals surface area contributed by atoms with Crippen molar-refractivity contribution in [3.63, 3.8) is 0 Å². The molecule has 1 unspecified atom stereocenters. The van der Waals surface area contributed by atoms with Crippen LogP contribution in [0.5, 0.6) is 5.75 Å². The van der Waals surface area contributed by atoms with Gasteiger partial charge in [0.05, 0.1) is 12.4 Å². The predicted octanol–water partition coefficient (Wildman–Crippen LogP) is 5.72. The van der Waals surface area contributed by atoms with Gasteiger partial charge in [0.2, 0.25) is 0 Å². The fourth-order valence-electron chi connectivity index (χ4n) is 4.16. The molecule has 0 fully saturated rings. The van der Waals surface area contributed by atoms with Crippen LogP contribution in [0.4, 0.5) is 0 Å². The van der Waals surface area contributed by atoms with E-state index in [9.17, 15) is 0 Å². The zero-order valence-corrected chi connectivity index (χ0v) is 14.3. The molecule has 118 valence electrons. The Morgan fingerprint density at radius 3 is 1.79 bits per heavy atom. The van der Waals surface area contributed by atoms with Gasteiger partial charge in [-0.15, -0.1) is 11.8 Å². The summed E-state index contributed by atoms with van der Waals surface area (Å²) in [5.41, 5.74) is 7.38. The van der Waals surface area contributed by atoms with Gasteiger partial charge in [0.1, 0.15) is 5.75 Å². The lowest BCUT2D eigenvalue weighted by Gasteiger charge is -2.45. The molecule has 0 saturated heterocycles. The van der Waals surface area contributed by atoms with Crippen LogP contribution in [-0.2, 0) is 0 Å². The number of methoxy groups -OCH3 is 1. The molecule has 0 amide bonds. The van der Waals surface area contributed by atoms with Crippen molar-refractivity contribution < 1.29 is 4.74 Å². The van der Waals surface area contributed by atoms with E-state index in [1.165, 1.54) is 27.8 Å². The van der Waals surface area contributed by atoms with Crippen molar-refractivity contribution in [3.05, 3.63) is 101 Å². The van der Waals surface area contributed by atoms with Crippen LogP contribution in [0.25, 0.3) is 0 Å². The van der Waals surface area contributed by atoms with E-state index in [-0.39, 0.29) is 0 Å². The number of benzene rings is 3. The monoisotopic (exact) mass is 330 g/mol. The van der Waals surface area contributed by atoms with E-state index in [0.717, 1.165) is 5.75 Å². The van der Waals surface area contributed by atoms with Crippen molar-refractivity contribution in [2.45, 2.75) is 16.4 Å². The standard InChI is InChI=1S/C22H18OS/c1-23-15-12-10-14(11-13-15)21-20-16-6-2-4-8-18(16)22(24-21)19-9-5-3-7-17(19)20/h2-13,20-22H,1H3. The van der Waals surface area contributed by atoms with Crippen molar-refractivity contribution in [3.8, 4) is 5.75 Å². The molecular weight excluding hydrogens is 312 g/mol. The van der Waals surface area contributed by atoms with Crippen molar-refractivity contribution in [2.75, 3.05) is 7.11 Å². The van der Waals surface area contributed by atoms with Gasteiger partial charge in [-0.25, -0.2) is 0 Å². The molecule has 1 aliphatic carbocycles. The molecule has 3 aromatic rings. The van der Waals surface area contributed by atoms with Gasteiger partial charge in [-0.1, -0.05) is 60.7 Å². The van der Waals surface area contributed by atoms with Crippen LogP contribution < -0.4 is 4.74 Å². The molecule has 0 spiro atoms. The fraction of sp³-hybridized carbons (Fsp3) is 0.182. The maximum Gasteiger partial charge on any atom is 0.118 e. The zero-order valence-electron chi connectivity index (χ0n) is 13.5. The van der Waals surface area contributed by atoms with Crippen molar-refractivity contribution in [2.24, 2.45) is 0 Å². The molecule has 0 aromatic heterocycles. The lowest BCUT2D eigenvalue weighted by Crippen LogP contribution is -2.27. The molecule has 24 heavy (non-hydrogen) atoms. The maximum absolute atomic E-state index is 5.32. The summed E-state index contributed by atoms with van der Waals surface area (Å²) in [6, 6.07) is 26.6. The van der Waals surface area contributed by atoms with Gasteiger partial charge >= 0.3 is 0 Å². The molecule has 0 radical (unpaired) electrons. The van der Waals surface area contributed by atoms with Gasteiger partial charge in [0.25, 0.3) is 0 Å². The lowest BCUT2D eigenvalue weighted by molar-refractivity contribution is 0.414. The second-order valence-electron chi connectivity index (χ2n) is 6.45. The van der Waals surface area contributed by atoms with Crippen LogP contribution in [0.2, 0.25) is 0 Å². The van der Waals surface area contributed by atoms with Crippen LogP contribution in [0.15, 0.2) is 72.8 Å². The number of thioether (sulfide) groups is 1. The Labute approximate surface area is 146 Å². The lowest BCUT2D eigenvalue weighted by atomic mass is 9.74. The number of ether oxygens (including phenoxy) is 1. The summed E-state index contributed by atoms with van der Waals surface area (Å²) in [6.45, 7) is 0. The number of hydrogen-bond donors (Lipinski definition) is 0. The quantitative estimate of drug-likeness (QED) is 0.594. The van der Waals surface area contributed by atoms with E-state index in [4.69, 9.17) is 4.74 Å². The summed E-state index contributed by atoms with van der Waals surface area (Å²) >= 11 is 2.09. The number of hydrogen-bond acceptors (Lipinski definition) is 2. The van der Waals surface area contributed by atoms with Crippen LogP contribution in [0.1, 0.15) is 44.2 Å². The maximum atomic E-state index is 5.32. The minimum Gasteiger partial charge on any atom is -0.497 e. The highest BCUT2D eigenvalue weighted by Gasteiger charge is 2.44. The summed E-state index contributed by atoms with van der Waals surface area (Å²) in [7, 11) is 1.72. The van der Waals surface area contributed by atoms with E-state index in [1.54, 1.807) is 7.11 Å². The van der Waals surface area contributed by atoms with Gasteiger partial charge in [0, 0.05) is 11.2 Å². The van der Waals surface area contributed by atoms with E-state index in [0.29, 0.717) is 16.4 Å². The average Bonchev–Trinajstić information content (AvgIpc) is 2.68. The van der Waals surface area contributed by atoms with Crippen molar-refractivity contribution in [1.29, 1.82) is 0 Å². The van der Waals surface area contributed by atoms with E-state index in [1.807, 2.05) is 0 Å². The number of fused-ring (bicyclic) bond motifs is 1. The molecule has 0 saturated carbocycles. The van der Waals surface area contributed by atoms with Crippen molar-refractivity contribution in [1.82, 2.24) is 0 Å². The molecule has 0 N–H and O–H groups in total. The highest BCUT2D eigenvalue weighted by molar-refractivity contribution is 8.00. The SMILES string of the molecule is COc1ccc(C2SC3c4ccccc4C2c2ccccc23)cc1. The first-order chi connectivity index (χ1) is 11.9. The predicted molar refractivity (Wildman–Crippen MR) is 99.9 cm³/mol. The van der Waals surface area contributed by atoms with Crippen molar-refractivity contribution >= 4 is 11.8 Å². The molecule has 1 nitrogen and oxygen atoms in total. The summed E-state index contributed by atoms with van der Waals surface area (Å²) in [5, 5.41) is 0.903. The smallest absolute Gasteiger partial charge is 0.118 e. The van der Waals surface area contributed by atoms with E-state index in [2.05, 4.69) is 84.6 Å². The minimum absolute atomic E-state index is 0.431. The Kier molecular flexibility index (Phi) is 3.20. The first-order valence-corrected chi connectivity index (χ1v) is 9.28. The van der Waals surface area contributed by atoms with Crippen LogP contribution >= 0.6 is 11.8 Å². The molecule has 2 bridgehead atoms. The fourth-order valence-corrected chi connectivity index (χ4v) is 5.94. The van der Waals surface area contributed by atoms with Gasteiger partial charge in [-0.2, -0.15) is 0 Å². The largest absolute Gasteiger partial charge is 0.497 e.